The van der Waals surface area contributed by atoms with Crippen molar-refractivity contribution in [2.45, 2.75) is 166 Å². The fraction of sp³-hybridized carbons (Fsp3) is 0.325. The molecule has 4 aliphatic carbocycles. The predicted molar refractivity (Wildman–Crippen MR) is 361 cm³/mol. The first kappa shape index (κ1) is 52.4. The van der Waals surface area contributed by atoms with Gasteiger partial charge in [0.2, 0.25) is 0 Å². The number of anilines is 6. The minimum absolute atomic E-state index is 0.0428. The molecule has 2 nitrogen and oxygen atoms in total. The van der Waals surface area contributed by atoms with Crippen molar-refractivity contribution >= 4 is 88.7 Å². The molecule has 0 radical (unpaired) electrons. The van der Waals surface area contributed by atoms with E-state index in [0.717, 1.165) is 0 Å². The third kappa shape index (κ3) is 7.16. The summed E-state index contributed by atoms with van der Waals surface area (Å²) in [5.41, 5.74) is 29.8. The van der Waals surface area contributed by atoms with E-state index in [4.69, 9.17) is 0 Å². The van der Waals surface area contributed by atoms with Gasteiger partial charge in [0, 0.05) is 65.4 Å². The van der Waals surface area contributed by atoms with E-state index >= 15 is 0 Å². The van der Waals surface area contributed by atoms with Gasteiger partial charge in [0.1, 0.15) is 0 Å². The molecule has 0 atom stereocenters. The number of thiophene rings is 1. The van der Waals surface area contributed by atoms with Crippen LogP contribution in [0.4, 0.5) is 34.1 Å². The van der Waals surface area contributed by atoms with Crippen molar-refractivity contribution in [1.82, 2.24) is 0 Å². The van der Waals surface area contributed by atoms with Gasteiger partial charge in [0.25, 0.3) is 6.71 Å². The maximum absolute atomic E-state index is 2.80. The monoisotopic (exact) mass is 1110 g/mol. The second-order valence-corrected chi connectivity index (χ2v) is 30.8. The predicted octanol–water partition coefficient (Wildman–Crippen LogP) is 20.1. The Hall–Kier alpha value is -7.14. The van der Waals surface area contributed by atoms with Crippen molar-refractivity contribution in [3.8, 4) is 11.1 Å². The third-order valence-electron chi connectivity index (χ3n) is 22.6. The van der Waals surface area contributed by atoms with E-state index < -0.39 is 0 Å². The molecule has 84 heavy (non-hydrogen) atoms. The van der Waals surface area contributed by atoms with Crippen LogP contribution < -0.4 is 26.2 Å². The number of nitrogens with zero attached hydrogens (tertiary/aromatic N) is 2. The van der Waals surface area contributed by atoms with E-state index in [9.17, 15) is 0 Å². The average Bonchev–Trinajstić information content (AvgIpc) is 0.950. The minimum atomic E-state index is -0.239. The first-order valence-corrected chi connectivity index (χ1v) is 32.5. The van der Waals surface area contributed by atoms with Crippen molar-refractivity contribution in [3.63, 3.8) is 0 Å². The average molecular weight is 1110 g/mol. The smallest absolute Gasteiger partial charge is 0.252 e. The first-order chi connectivity index (χ1) is 40.2. The van der Waals surface area contributed by atoms with Crippen molar-refractivity contribution in [1.29, 1.82) is 0 Å². The Morgan fingerprint density at radius 2 is 0.940 bits per heavy atom. The summed E-state index contributed by atoms with van der Waals surface area (Å²) < 4.78 is 2.78. The van der Waals surface area contributed by atoms with Crippen LogP contribution in [0.3, 0.4) is 0 Å². The zero-order valence-corrected chi connectivity index (χ0v) is 52.4. The first-order valence-electron chi connectivity index (χ1n) is 31.7. The van der Waals surface area contributed by atoms with Gasteiger partial charge in [0.15, 0.2) is 0 Å². The lowest BCUT2D eigenvalue weighted by atomic mass is 9.33. The lowest BCUT2D eigenvalue weighted by Crippen LogP contribution is -2.62. The second kappa shape index (κ2) is 17.7. The summed E-state index contributed by atoms with van der Waals surface area (Å²) in [5.74, 6) is 0.465. The van der Waals surface area contributed by atoms with Gasteiger partial charge in [0.05, 0.1) is 16.1 Å². The van der Waals surface area contributed by atoms with Gasteiger partial charge in [-0.15, -0.1) is 11.3 Å². The van der Waals surface area contributed by atoms with Crippen molar-refractivity contribution in [2.24, 2.45) is 0 Å². The molecule has 2 aliphatic heterocycles. The molecule has 418 valence electrons. The van der Waals surface area contributed by atoms with Crippen LogP contribution in [0.1, 0.15) is 195 Å². The van der Waals surface area contributed by atoms with Gasteiger partial charge in [-0.2, -0.15) is 0 Å². The summed E-state index contributed by atoms with van der Waals surface area (Å²) in [5, 5.41) is 2.77. The number of fused-ring (bicyclic) bond motifs is 13. The summed E-state index contributed by atoms with van der Waals surface area (Å²) in [6.07, 6.45) is 8.67. The molecule has 1 saturated carbocycles. The lowest BCUT2D eigenvalue weighted by Gasteiger charge is -2.49. The van der Waals surface area contributed by atoms with E-state index in [1.807, 2.05) is 11.3 Å². The van der Waals surface area contributed by atoms with Crippen LogP contribution in [0, 0.1) is 0 Å². The Labute approximate surface area is 504 Å². The van der Waals surface area contributed by atoms with Crippen LogP contribution in [-0.2, 0) is 32.5 Å². The quantitative estimate of drug-likeness (QED) is 0.162. The molecule has 6 aliphatic rings. The molecular weight excluding hydrogens is 1030 g/mol. The van der Waals surface area contributed by atoms with Crippen LogP contribution in [0.25, 0.3) is 31.3 Å². The molecule has 4 heteroatoms. The largest absolute Gasteiger partial charge is 0.311 e. The summed E-state index contributed by atoms with van der Waals surface area (Å²) in [7, 11) is 0. The highest BCUT2D eigenvalue weighted by molar-refractivity contribution is 7.26. The highest BCUT2D eigenvalue weighted by atomic mass is 32.1. The normalized spacial score (nSPS) is 19.5. The van der Waals surface area contributed by atoms with Gasteiger partial charge in [-0.3, -0.25) is 0 Å². The van der Waals surface area contributed by atoms with Crippen LogP contribution in [0.2, 0.25) is 0 Å². The van der Waals surface area contributed by atoms with Crippen LogP contribution >= 0.6 is 11.3 Å². The van der Waals surface area contributed by atoms with Crippen molar-refractivity contribution in [2.75, 3.05) is 9.80 Å². The Morgan fingerprint density at radius 1 is 0.405 bits per heavy atom. The van der Waals surface area contributed by atoms with E-state index in [2.05, 4.69) is 263 Å². The van der Waals surface area contributed by atoms with Gasteiger partial charge in [-0.05, 0) is 174 Å². The van der Waals surface area contributed by atoms with Gasteiger partial charge in [-0.1, -0.05) is 224 Å². The third-order valence-corrected chi connectivity index (χ3v) is 23.8. The zero-order chi connectivity index (χ0) is 57.8. The Kier molecular flexibility index (Phi) is 11.1. The SMILES string of the molecule is CC1(C)CCC(C)(C)c2cc3c(cc21)sc1c2c(ccc13)B1c3cc4c(cc3N(c3ccc5c(c3)C(C)(C)c3ccccc3C5(C)C)c3cc(C5CCCCC5)cc(c31)N2c1ccccc1-c1ccccc1)C(C)(C)c1ccccc1C4(C)C. The number of para-hydroxylation sites is 1. The van der Waals surface area contributed by atoms with Gasteiger partial charge in [-0.25, -0.2) is 0 Å². The standard InChI is InChI=1S/C80H79BN2S/c1-75(2)39-40-76(3,4)61-47-71-54(44-60(61)75)53-36-38-65-73(74(53)84-71)83(67-34-24-19-29-52(67)49-27-17-14-18-28-49)70-42-50(48-25-15-13-16-26-48)41-69-72(70)81(65)66-45-63-64(80(11,12)58-33-23-22-32-57(58)79(63,9)10)46-68(66)82(69)51-35-37-59-62(43-51)78(7,8)56-31-21-20-30-55(56)77(59,5)6/h14,17-24,27-38,41-48H,13,15-16,25-26,39-40H2,1-12H3. The van der Waals surface area contributed by atoms with Crippen LogP contribution in [0.5, 0.6) is 0 Å². The zero-order valence-electron chi connectivity index (χ0n) is 51.6. The number of benzene rings is 9. The maximum Gasteiger partial charge on any atom is 0.252 e. The fourth-order valence-corrected chi connectivity index (χ4v) is 18.9. The van der Waals surface area contributed by atoms with Crippen molar-refractivity contribution in [3.05, 3.63) is 231 Å². The van der Waals surface area contributed by atoms with Crippen LogP contribution in [0.15, 0.2) is 170 Å². The lowest BCUT2D eigenvalue weighted by molar-refractivity contribution is 0.332. The molecule has 0 saturated heterocycles. The summed E-state index contributed by atoms with van der Waals surface area (Å²) in [4.78, 5) is 5.58. The number of rotatable bonds is 4. The molecular formula is C80H79BN2S. The van der Waals surface area contributed by atoms with Crippen LogP contribution in [-0.4, -0.2) is 6.71 Å². The Morgan fingerprint density at radius 3 is 1.58 bits per heavy atom. The Balaban J connectivity index is 1.05. The number of hydrogen-bond acceptors (Lipinski definition) is 3. The van der Waals surface area contributed by atoms with E-state index in [0.29, 0.717) is 5.92 Å². The summed E-state index contributed by atoms with van der Waals surface area (Å²) in [6, 6.07) is 68.1. The minimum Gasteiger partial charge on any atom is -0.311 e. The topological polar surface area (TPSA) is 6.48 Å². The van der Waals surface area contributed by atoms with E-state index in [1.165, 1.54) is 188 Å². The van der Waals surface area contributed by atoms with E-state index in [-0.39, 0.29) is 39.2 Å². The maximum atomic E-state index is 2.80. The molecule has 0 bridgehead atoms. The molecule has 0 amide bonds. The molecule has 9 aromatic carbocycles. The molecule has 0 unspecified atom stereocenters. The summed E-state index contributed by atoms with van der Waals surface area (Å²) in [6.45, 7) is 29.7. The molecule has 16 rings (SSSR count). The highest BCUT2D eigenvalue weighted by Gasteiger charge is 2.50. The van der Waals surface area contributed by atoms with Gasteiger partial charge >= 0.3 is 0 Å². The Bertz CT molecular complexity index is 4440. The van der Waals surface area contributed by atoms with Gasteiger partial charge < -0.3 is 9.80 Å². The molecule has 0 N–H and O–H groups in total. The van der Waals surface area contributed by atoms with Crippen molar-refractivity contribution < 1.29 is 0 Å². The summed E-state index contributed by atoms with van der Waals surface area (Å²) >= 11 is 2.04. The second-order valence-electron chi connectivity index (χ2n) is 29.7. The molecule has 10 aromatic rings. The highest BCUT2D eigenvalue weighted by Crippen LogP contribution is 2.58. The molecule has 3 heterocycles. The molecule has 1 aromatic heterocycles. The fourth-order valence-electron chi connectivity index (χ4n) is 17.7. The number of hydrogen-bond donors (Lipinski definition) is 0. The van der Waals surface area contributed by atoms with E-state index in [1.54, 1.807) is 0 Å². The molecule has 0 spiro atoms. The molecule has 1 fully saturated rings.